The number of amides is 3. The van der Waals surface area contributed by atoms with Crippen molar-refractivity contribution < 1.29 is 28.8 Å². The van der Waals surface area contributed by atoms with Crippen LogP contribution in [0.5, 0.6) is 11.5 Å². The number of carbonyl (C=O) groups is 3. The Kier molecular flexibility index (Phi) is 7.44. The van der Waals surface area contributed by atoms with Crippen molar-refractivity contribution in [1.82, 2.24) is 10.6 Å². The molecule has 1 aliphatic carbocycles. The van der Waals surface area contributed by atoms with E-state index in [4.69, 9.17) is 9.47 Å². The van der Waals surface area contributed by atoms with E-state index >= 15 is 0 Å². The molecule has 3 N–H and O–H groups in total. The maximum Gasteiger partial charge on any atom is 0.286 e. The van der Waals surface area contributed by atoms with Gasteiger partial charge in [0.2, 0.25) is 5.91 Å². The smallest absolute Gasteiger partial charge is 0.286 e. The Balaban J connectivity index is 1.52. The minimum atomic E-state index is -0.687. The van der Waals surface area contributed by atoms with Crippen LogP contribution in [-0.4, -0.2) is 50.0 Å². The van der Waals surface area contributed by atoms with E-state index in [1.54, 1.807) is 24.3 Å². The van der Waals surface area contributed by atoms with Crippen LogP contribution in [0.1, 0.15) is 33.6 Å². The van der Waals surface area contributed by atoms with Gasteiger partial charge in [0.25, 0.3) is 17.5 Å². The number of methoxy groups -OCH3 is 2. The number of hydrogen-bond donors (Lipinski definition) is 3. The zero-order valence-electron chi connectivity index (χ0n) is 18.2. The summed E-state index contributed by atoms with van der Waals surface area (Å²) in [6.45, 7) is 0.150. The number of rotatable bonds is 10. The number of nitro benzene ring substituents is 1. The summed E-state index contributed by atoms with van der Waals surface area (Å²) in [5, 5.41) is 19.3. The Morgan fingerprint density at radius 1 is 0.970 bits per heavy atom. The molecule has 0 radical (unpaired) electrons. The molecule has 1 aliphatic rings. The van der Waals surface area contributed by atoms with Gasteiger partial charge in [0.15, 0.2) is 11.5 Å². The van der Waals surface area contributed by atoms with Gasteiger partial charge in [-0.25, -0.2) is 0 Å². The maximum atomic E-state index is 12.5. The fourth-order valence-corrected chi connectivity index (χ4v) is 3.05. The Morgan fingerprint density at radius 3 is 2.09 bits per heavy atom. The van der Waals surface area contributed by atoms with Gasteiger partial charge in [-0.2, -0.15) is 0 Å². The topological polar surface area (TPSA) is 149 Å². The molecule has 11 nitrogen and oxygen atoms in total. The van der Waals surface area contributed by atoms with Crippen molar-refractivity contribution in [2.24, 2.45) is 5.92 Å². The Bertz CT molecular complexity index is 1070. The molecule has 1 fully saturated rings. The number of carbonyl (C=O) groups excluding carboxylic acids is 3. The van der Waals surface area contributed by atoms with E-state index in [0.29, 0.717) is 11.3 Å². The van der Waals surface area contributed by atoms with Crippen LogP contribution in [0.4, 0.5) is 11.4 Å². The van der Waals surface area contributed by atoms with Crippen molar-refractivity contribution in [2.75, 3.05) is 32.6 Å². The molecule has 33 heavy (non-hydrogen) atoms. The number of hydrogen-bond acceptors (Lipinski definition) is 7. The van der Waals surface area contributed by atoms with Gasteiger partial charge in [-0.3, -0.25) is 24.5 Å². The van der Waals surface area contributed by atoms with Crippen molar-refractivity contribution >= 4 is 29.1 Å². The molecule has 3 amide bonds. The molecule has 2 aromatic rings. The third-order valence-corrected chi connectivity index (χ3v) is 5.00. The second kappa shape index (κ2) is 10.4. The third-order valence-electron chi connectivity index (χ3n) is 5.00. The van der Waals surface area contributed by atoms with Crippen molar-refractivity contribution in [1.29, 1.82) is 0 Å². The summed E-state index contributed by atoms with van der Waals surface area (Å²) in [7, 11) is 2.69. The van der Waals surface area contributed by atoms with Gasteiger partial charge >= 0.3 is 0 Å². The van der Waals surface area contributed by atoms with Gasteiger partial charge in [0.05, 0.1) is 25.2 Å². The lowest BCUT2D eigenvalue weighted by Gasteiger charge is -2.11. The van der Waals surface area contributed by atoms with Crippen LogP contribution in [0.3, 0.4) is 0 Å². The van der Waals surface area contributed by atoms with Crippen LogP contribution >= 0.6 is 0 Å². The van der Waals surface area contributed by atoms with E-state index in [-0.39, 0.29) is 47.9 Å². The highest BCUT2D eigenvalue weighted by Crippen LogP contribution is 2.34. The molecule has 174 valence electrons. The van der Waals surface area contributed by atoms with E-state index in [9.17, 15) is 24.5 Å². The van der Waals surface area contributed by atoms with Crippen molar-refractivity contribution in [3.05, 3.63) is 57.6 Å². The summed E-state index contributed by atoms with van der Waals surface area (Å²) < 4.78 is 10.1. The quantitative estimate of drug-likeness (QED) is 0.282. The summed E-state index contributed by atoms with van der Waals surface area (Å²) in [6.07, 6.45) is 1.81. The first-order valence-electron chi connectivity index (χ1n) is 10.2. The Hall–Kier alpha value is -4.15. The van der Waals surface area contributed by atoms with E-state index in [0.717, 1.165) is 18.9 Å². The van der Waals surface area contributed by atoms with Crippen LogP contribution in [0.25, 0.3) is 0 Å². The highest BCUT2D eigenvalue weighted by atomic mass is 16.6. The van der Waals surface area contributed by atoms with Crippen molar-refractivity contribution in [3.8, 4) is 11.5 Å². The van der Waals surface area contributed by atoms with Gasteiger partial charge in [-0.15, -0.1) is 0 Å². The Morgan fingerprint density at radius 2 is 1.55 bits per heavy atom. The molecule has 11 heteroatoms. The van der Waals surface area contributed by atoms with Gasteiger partial charge in [0.1, 0.15) is 5.56 Å². The van der Waals surface area contributed by atoms with Crippen molar-refractivity contribution in [3.63, 3.8) is 0 Å². The highest BCUT2D eigenvalue weighted by Gasteiger charge is 2.29. The Labute approximate surface area is 189 Å². The fraction of sp³-hybridized carbons (Fsp3) is 0.318. The molecular weight excluding hydrogens is 432 g/mol. The first kappa shape index (κ1) is 23.5. The molecule has 0 aliphatic heterocycles. The molecule has 0 spiro atoms. The van der Waals surface area contributed by atoms with Gasteiger partial charge in [-0.1, -0.05) is 0 Å². The van der Waals surface area contributed by atoms with Gasteiger partial charge in [-0.05, 0) is 37.1 Å². The maximum absolute atomic E-state index is 12.5. The lowest BCUT2D eigenvalue weighted by molar-refractivity contribution is -0.385. The first-order valence-corrected chi connectivity index (χ1v) is 10.2. The lowest BCUT2D eigenvalue weighted by Crippen LogP contribution is -2.35. The van der Waals surface area contributed by atoms with E-state index in [1.165, 1.54) is 20.3 Å². The molecule has 2 aromatic carbocycles. The normalized spacial score (nSPS) is 12.4. The average molecular weight is 456 g/mol. The van der Waals surface area contributed by atoms with Crippen LogP contribution in [0.15, 0.2) is 36.4 Å². The largest absolute Gasteiger partial charge is 0.493 e. The first-order chi connectivity index (χ1) is 15.8. The lowest BCUT2D eigenvalue weighted by atomic mass is 10.1. The standard InChI is InChI=1S/C22H24N4O7/c1-32-18-11-16(17(26(30)31)12-19(18)33-2)22(29)24-10-9-23-20(27)13-5-7-15(8-6-13)25-21(28)14-3-4-14/h5-8,11-12,14H,3-4,9-10H2,1-2H3,(H,23,27)(H,24,29)(H,25,28). The SMILES string of the molecule is COc1cc(C(=O)NCCNC(=O)c2ccc(NC(=O)C3CC3)cc2)c([N+](=O)[O-])cc1OC. The average Bonchev–Trinajstić information content (AvgIpc) is 3.66. The monoisotopic (exact) mass is 456 g/mol. The molecule has 0 heterocycles. The molecule has 0 saturated heterocycles. The minimum absolute atomic E-state index is 0.0161. The van der Waals surface area contributed by atoms with Crippen LogP contribution in [0, 0.1) is 16.0 Å². The van der Waals surface area contributed by atoms with Crippen LogP contribution < -0.4 is 25.4 Å². The second-order valence-corrected chi connectivity index (χ2v) is 7.33. The van der Waals surface area contributed by atoms with E-state index in [1.807, 2.05) is 0 Å². The summed E-state index contributed by atoms with van der Waals surface area (Å²) in [5.41, 5.74) is 0.393. The molecule has 0 aromatic heterocycles. The minimum Gasteiger partial charge on any atom is -0.493 e. The zero-order valence-corrected chi connectivity index (χ0v) is 18.2. The van der Waals surface area contributed by atoms with Gasteiger partial charge in [0, 0.05) is 36.3 Å². The number of nitrogens with one attached hydrogen (secondary N) is 3. The predicted molar refractivity (Wildman–Crippen MR) is 119 cm³/mol. The summed E-state index contributed by atoms with van der Waals surface area (Å²) in [4.78, 5) is 47.2. The summed E-state index contributed by atoms with van der Waals surface area (Å²) >= 11 is 0. The summed E-state index contributed by atoms with van der Waals surface area (Å²) in [5.74, 6) is -0.667. The van der Waals surface area contributed by atoms with Crippen LogP contribution in [-0.2, 0) is 4.79 Å². The van der Waals surface area contributed by atoms with E-state index in [2.05, 4.69) is 16.0 Å². The van der Waals surface area contributed by atoms with E-state index < -0.39 is 16.5 Å². The third kappa shape index (κ3) is 5.97. The molecular formula is C22H24N4O7. The number of nitro groups is 1. The molecule has 0 bridgehead atoms. The van der Waals surface area contributed by atoms with Crippen molar-refractivity contribution in [2.45, 2.75) is 12.8 Å². The fourth-order valence-electron chi connectivity index (χ4n) is 3.05. The molecule has 0 atom stereocenters. The molecule has 1 saturated carbocycles. The number of nitrogens with zero attached hydrogens (tertiary/aromatic N) is 1. The number of anilines is 1. The predicted octanol–water partition coefficient (Wildman–Crippen LogP) is 2.12. The summed E-state index contributed by atoms with van der Waals surface area (Å²) in [6, 6.07) is 8.81. The molecule has 3 rings (SSSR count). The molecule has 0 unspecified atom stereocenters. The highest BCUT2D eigenvalue weighted by molar-refractivity contribution is 5.99. The zero-order chi connectivity index (χ0) is 24.0. The van der Waals surface area contributed by atoms with Gasteiger partial charge < -0.3 is 25.4 Å². The van der Waals surface area contributed by atoms with Crippen LogP contribution in [0.2, 0.25) is 0 Å². The second-order valence-electron chi connectivity index (χ2n) is 7.33. The number of ether oxygens (including phenoxy) is 2. The number of benzene rings is 2.